The van der Waals surface area contributed by atoms with E-state index in [1.54, 1.807) is 0 Å². The van der Waals surface area contributed by atoms with E-state index in [-0.39, 0.29) is 18.4 Å². The van der Waals surface area contributed by atoms with E-state index in [0.29, 0.717) is 17.1 Å². The number of thiazole rings is 1. The monoisotopic (exact) mass is 397 g/mol. The molecule has 28 heavy (non-hydrogen) atoms. The molecule has 2 heterocycles. The zero-order valence-corrected chi connectivity index (χ0v) is 15.6. The van der Waals surface area contributed by atoms with Gasteiger partial charge in [0.1, 0.15) is 0 Å². The molecule has 142 valence electrons. The van der Waals surface area contributed by atoms with Crippen molar-refractivity contribution in [1.82, 2.24) is 4.98 Å². The number of carbonyl (C=O) groups is 1. The van der Waals surface area contributed by atoms with Gasteiger partial charge in [0.25, 0.3) is 11.6 Å². The van der Waals surface area contributed by atoms with Crippen LogP contribution in [0.1, 0.15) is 26.5 Å². The Kier molecular flexibility index (Phi) is 4.66. The van der Waals surface area contributed by atoms with Gasteiger partial charge in [-0.25, -0.2) is 4.98 Å². The lowest BCUT2D eigenvalue weighted by molar-refractivity contribution is -0.384. The minimum atomic E-state index is -0.506. The number of rotatable bonds is 5. The number of nitrogens with zero attached hydrogens (tertiary/aromatic N) is 2. The number of non-ortho nitro benzene ring substituents is 1. The lowest BCUT2D eigenvalue weighted by atomic mass is 10.1. The molecule has 0 spiro atoms. The van der Waals surface area contributed by atoms with Gasteiger partial charge in [-0.05, 0) is 36.8 Å². The average molecular weight is 397 g/mol. The van der Waals surface area contributed by atoms with Crippen molar-refractivity contribution in [2.75, 3.05) is 12.1 Å². The third kappa shape index (κ3) is 3.65. The summed E-state index contributed by atoms with van der Waals surface area (Å²) in [6, 6.07) is 11.2. The second kappa shape index (κ2) is 7.28. The molecule has 0 aliphatic carbocycles. The van der Waals surface area contributed by atoms with Crippen molar-refractivity contribution in [3.8, 4) is 11.5 Å². The number of aromatic nitrogens is 1. The highest BCUT2D eigenvalue weighted by Crippen LogP contribution is 2.34. The van der Waals surface area contributed by atoms with Crippen molar-refractivity contribution < 1.29 is 19.2 Å². The lowest BCUT2D eigenvalue weighted by Gasteiger charge is -2.02. The number of hydrogen-bond acceptors (Lipinski definition) is 7. The van der Waals surface area contributed by atoms with Crippen LogP contribution in [0, 0.1) is 17.0 Å². The topological polar surface area (TPSA) is 104 Å². The van der Waals surface area contributed by atoms with Gasteiger partial charge in [-0.15, -0.1) is 11.3 Å². The van der Waals surface area contributed by atoms with Crippen LogP contribution in [0.25, 0.3) is 0 Å². The number of carbonyl (C=O) groups excluding carboxylic acids is 1. The van der Waals surface area contributed by atoms with E-state index in [0.717, 1.165) is 27.6 Å². The molecule has 1 N–H and O–H groups in total. The molecule has 0 radical (unpaired) electrons. The van der Waals surface area contributed by atoms with E-state index in [2.05, 4.69) is 10.3 Å². The van der Waals surface area contributed by atoms with Crippen molar-refractivity contribution >= 4 is 28.1 Å². The van der Waals surface area contributed by atoms with Crippen LogP contribution >= 0.6 is 11.3 Å². The van der Waals surface area contributed by atoms with Crippen LogP contribution in [0.4, 0.5) is 10.8 Å². The average Bonchev–Trinajstić information content (AvgIpc) is 3.28. The second-order valence-corrected chi connectivity index (χ2v) is 7.35. The minimum absolute atomic E-state index is 0.0624. The minimum Gasteiger partial charge on any atom is -0.454 e. The number of benzene rings is 2. The fourth-order valence-electron chi connectivity index (χ4n) is 2.79. The van der Waals surface area contributed by atoms with Gasteiger partial charge in [0.15, 0.2) is 16.6 Å². The van der Waals surface area contributed by atoms with E-state index in [1.165, 1.54) is 35.6 Å². The molecular formula is C19H15N3O5S. The summed E-state index contributed by atoms with van der Waals surface area (Å²) in [6.07, 6.45) is 0.604. The Hall–Kier alpha value is -3.46. The predicted molar refractivity (Wildman–Crippen MR) is 103 cm³/mol. The Balaban J connectivity index is 1.46. The lowest BCUT2D eigenvalue weighted by Crippen LogP contribution is -2.11. The van der Waals surface area contributed by atoms with E-state index in [1.807, 2.05) is 25.1 Å². The van der Waals surface area contributed by atoms with Gasteiger partial charge in [-0.3, -0.25) is 20.2 Å². The van der Waals surface area contributed by atoms with E-state index < -0.39 is 4.92 Å². The Morgan fingerprint density at radius 2 is 1.96 bits per heavy atom. The normalized spacial score (nSPS) is 12.0. The largest absolute Gasteiger partial charge is 0.454 e. The van der Waals surface area contributed by atoms with Crippen LogP contribution in [0.3, 0.4) is 0 Å². The number of fused-ring (bicyclic) bond motifs is 1. The summed E-state index contributed by atoms with van der Waals surface area (Å²) in [5.74, 6) is 1.09. The number of ether oxygens (including phenoxy) is 2. The number of amides is 1. The molecule has 0 unspecified atom stereocenters. The summed E-state index contributed by atoms with van der Waals surface area (Å²) in [7, 11) is 0. The number of nitrogens with one attached hydrogen (secondary N) is 1. The molecule has 0 fully saturated rings. The maximum absolute atomic E-state index is 12.4. The highest BCUT2D eigenvalue weighted by molar-refractivity contribution is 7.15. The fraction of sp³-hybridized carbons (Fsp3) is 0.158. The zero-order valence-electron chi connectivity index (χ0n) is 14.8. The molecule has 0 atom stereocenters. The molecule has 2 aromatic carbocycles. The van der Waals surface area contributed by atoms with Gasteiger partial charge < -0.3 is 9.47 Å². The fourth-order valence-corrected chi connectivity index (χ4v) is 3.62. The molecule has 1 amide bonds. The van der Waals surface area contributed by atoms with Gasteiger partial charge in [0, 0.05) is 29.0 Å². The summed E-state index contributed by atoms with van der Waals surface area (Å²) in [4.78, 5) is 28.1. The number of hydrogen-bond donors (Lipinski definition) is 1. The molecule has 9 heteroatoms. The maximum atomic E-state index is 12.4. The smallest absolute Gasteiger partial charge is 0.269 e. The van der Waals surface area contributed by atoms with Crippen LogP contribution in [0.2, 0.25) is 0 Å². The standard InChI is InChI=1S/C19H15N3O5S/c1-11-15(8-12-2-7-16-17(9-12)27-10-26-16)20-19(28-11)21-18(23)13-3-5-14(6-4-13)22(24)25/h2-7,9H,8,10H2,1H3,(H,20,21,23). The van der Waals surface area contributed by atoms with E-state index >= 15 is 0 Å². The number of aryl methyl sites for hydroxylation is 1. The van der Waals surface area contributed by atoms with Crippen LogP contribution in [-0.2, 0) is 6.42 Å². The van der Waals surface area contributed by atoms with Crippen molar-refractivity contribution in [3.05, 3.63) is 74.3 Å². The Bertz CT molecular complexity index is 1060. The Labute approximate surface area is 163 Å². The van der Waals surface area contributed by atoms with Crippen molar-refractivity contribution in [2.24, 2.45) is 0 Å². The predicted octanol–water partition coefficient (Wildman–Crippen LogP) is 3.93. The Morgan fingerprint density at radius 1 is 1.21 bits per heavy atom. The molecule has 3 aromatic rings. The summed E-state index contributed by atoms with van der Waals surface area (Å²) in [5.41, 5.74) is 2.16. The van der Waals surface area contributed by atoms with Gasteiger partial charge in [-0.1, -0.05) is 6.07 Å². The highest BCUT2D eigenvalue weighted by Gasteiger charge is 2.16. The van der Waals surface area contributed by atoms with Crippen molar-refractivity contribution in [3.63, 3.8) is 0 Å². The maximum Gasteiger partial charge on any atom is 0.269 e. The molecule has 1 aliphatic heterocycles. The van der Waals surface area contributed by atoms with Crippen LogP contribution < -0.4 is 14.8 Å². The molecule has 0 saturated heterocycles. The first-order chi connectivity index (χ1) is 13.5. The molecule has 4 rings (SSSR count). The Morgan fingerprint density at radius 3 is 2.71 bits per heavy atom. The van der Waals surface area contributed by atoms with E-state index in [9.17, 15) is 14.9 Å². The quantitative estimate of drug-likeness (QED) is 0.517. The SMILES string of the molecule is Cc1sc(NC(=O)c2ccc([N+](=O)[O-])cc2)nc1Cc1ccc2c(c1)OCO2. The summed E-state index contributed by atoms with van der Waals surface area (Å²) in [6.45, 7) is 2.18. The number of nitro benzene ring substituents is 1. The first-order valence-electron chi connectivity index (χ1n) is 8.40. The summed E-state index contributed by atoms with van der Waals surface area (Å²) < 4.78 is 10.7. The molecule has 0 saturated carbocycles. The molecule has 0 bridgehead atoms. The molecule has 1 aromatic heterocycles. The molecule has 8 nitrogen and oxygen atoms in total. The van der Waals surface area contributed by atoms with Gasteiger partial charge in [0.05, 0.1) is 10.6 Å². The van der Waals surface area contributed by atoms with Gasteiger partial charge in [0.2, 0.25) is 6.79 Å². The summed E-state index contributed by atoms with van der Waals surface area (Å²) >= 11 is 1.38. The molecular weight excluding hydrogens is 382 g/mol. The second-order valence-electron chi connectivity index (χ2n) is 6.14. The van der Waals surface area contributed by atoms with Gasteiger partial charge in [-0.2, -0.15) is 0 Å². The summed E-state index contributed by atoms with van der Waals surface area (Å²) in [5, 5.41) is 13.9. The number of anilines is 1. The highest BCUT2D eigenvalue weighted by atomic mass is 32.1. The van der Waals surface area contributed by atoms with Crippen LogP contribution in [0.15, 0.2) is 42.5 Å². The number of nitro groups is 1. The first-order valence-corrected chi connectivity index (χ1v) is 9.22. The zero-order chi connectivity index (χ0) is 19.7. The molecule has 1 aliphatic rings. The van der Waals surface area contributed by atoms with E-state index in [4.69, 9.17) is 9.47 Å². The van der Waals surface area contributed by atoms with Crippen LogP contribution in [0.5, 0.6) is 11.5 Å². The third-order valence-corrected chi connectivity index (χ3v) is 5.19. The third-order valence-electron chi connectivity index (χ3n) is 4.26. The van der Waals surface area contributed by atoms with Crippen molar-refractivity contribution in [1.29, 1.82) is 0 Å². The van der Waals surface area contributed by atoms with Crippen molar-refractivity contribution in [2.45, 2.75) is 13.3 Å². The first kappa shape index (κ1) is 17.9. The van der Waals surface area contributed by atoms with Crippen LogP contribution in [-0.4, -0.2) is 22.6 Å². The van der Waals surface area contributed by atoms with Gasteiger partial charge >= 0.3 is 0 Å².